The number of carbonyl (C=O) groups is 2. The number of amides is 1. The molecule has 1 amide bonds. The summed E-state index contributed by atoms with van der Waals surface area (Å²) in [5.41, 5.74) is 0. The lowest BCUT2D eigenvalue weighted by molar-refractivity contribution is -0.302. The first kappa shape index (κ1) is 59.4. The molecule has 1 fully saturated rings. The number of nitrogens with one attached hydrogen (secondary N) is 1. The monoisotopic (exact) mass is 904 g/mol. The van der Waals surface area contributed by atoms with Crippen LogP contribution in [0.3, 0.4) is 0 Å². The Morgan fingerprint density at radius 2 is 1.06 bits per heavy atom. The lowest BCUT2D eigenvalue weighted by atomic mass is 9.99. The number of unbranched alkanes of at least 4 members (excludes halogenated alkanes) is 20. The van der Waals surface area contributed by atoms with Crippen molar-refractivity contribution < 1.29 is 49.3 Å². The van der Waals surface area contributed by atoms with Gasteiger partial charge in [-0.25, -0.2) is 0 Å². The Balaban J connectivity index is 2.17. The number of ether oxygens (including phenoxy) is 3. The van der Waals surface area contributed by atoms with E-state index >= 15 is 0 Å². The molecule has 0 bridgehead atoms. The van der Waals surface area contributed by atoms with Gasteiger partial charge in [-0.15, -0.1) is 0 Å². The zero-order valence-corrected chi connectivity index (χ0v) is 40.2. The molecule has 1 saturated heterocycles. The van der Waals surface area contributed by atoms with Crippen LogP contribution in [0, 0.1) is 0 Å². The van der Waals surface area contributed by atoms with Gasteiger partial charge in [0.2, 0.25) is 5.91 Å². The maximum atomic E-state index is 12.9. The molecule has 7 atom stereocenters. The van der Waals surface area contributed by atoms with E-state index in [-0.39, 0.29) is 18.5 Å². The molecule has 11 heteroatoms. The fourth-order valence-corrected chi connectivity index (χ4v) is 7.41. The van der Waals surface area contributed by atoms with Crippen LogP contribution in [0.15, 0.2) is 60.8 Å². The van der Waals surface area contributed by atoms with Crippen LogP contribution in [0.5, 0.6) is 0 Å². The first-order valence-electron chi connectivity index (χ1n) is 25.6. The lowest BCUT2D eigenvalue weighted by Crippen LogP contribution is -2.60. The van der Waals surface area contributed by atoms with E-state index in [9.17, 15) is 35.1 Å². The molecule has 0 spiro atoms. The summed E-state index contributed by atoms with van der Waals surface area (Å²) in [5.74, 6) is -0.301. The van der Waals surface area contributed by atoms with Crippen molar-refractivity contribution in [2.45, 2.75) is 243 Å². The molecule has 6 N–H and O–H groups in total. The van der Waals surface area contributed by atoms with Crippen LogP contribution in [0.1, 0.15) is 200 Å². The number of carbonyl (C=O) groups excluding carboxylic acids is 2. The van der Waals surface area contributed by atoms with Gasteiger partial charge in [0, 0.05) is 12.8 Å². The molecule has 64 heavy (non-hydrogen) atoms. The summed E-state index contributed by atoms with van der Waals surface area (Å²) in [6.45, 7) is 4.11. The Bertz CT molecular complexity index is 1250. The number of aliphatic hydroxyl groups is 5. The predicted molar refractivity (Wildman–Crippen MR) is 260 cm³/mol. The van der Waals surface area contributed by atoms with Gasteiger partial charge >= 0.3 is 5.97 Å². The van der Waals surface area contributed by atoms with E-state index in [4.69, 9.17) is 14.2 Å². The Labute approximate surface area is 388 Å². The van der Waals surface area contributed by atoms with Crippen molar-refractivity contribution in [3.05, 3.63) is 60.8 Å². The fraction of sp³-hybridized carbons (Fsp3) is 0.774. The molecule has 0 aromatic rings. The maximum absolute atomic E-state index is 12.9. The van der Waals surface area contributed by atoms with Gasteiger partial charge in [0.05, 0.1) is 32.0 Å². The second kappa shape index (κ2) is 43.0. The molecule has 1 heterocycles. The van der Waals surface area contributed by atoms with Gasteiger partial charge in [0.15, 0.2) is 6.29 Å². The molecule has 0 saturated carbocycles. The van der Waals surface area contributed by atoms with Crippen molar-refractivity contribution in [1.82, 2.24) is 5.32 Å². The third-order valence-corrected chi connectivity index (χ3v) is 11.6. The molecule has 0 aliphatic carbocycles. The van der Waals surface area contributed by atoms with Crippen LogP contribution < -0.4 is 5.32 Å². The number of hydrogen-bond acceptors (Lipinski definition) is 10. The molecule has 0 aromatic carbocycles. The van der Waals surface area contributed by atoms with Crippen LogP contribution >= 0.6 is 0 Å². The van der Waals surface area contributed by atoms with E-state index in [1.165, 1.54) is 70.6 Å². The maximum Gasteiger partial charge on any atom is 0.305 e. The molecule has 1 aliphatic heterocycles. The summed E-state index contributed by atoms with van der Waals surface area (Å²) in [5, 5.41) is 54.0. The second-order valence-electron chi connectivity index (χ2n) is 17.5. The SMILES string of the molecule is CCCCC/C=C/CC/C=C/C(O)C(COC1OC(CO)C(O)C(O)C1O)NC(=O)CCCCCCC/C=C\CCCCOC(=O)CCCCCCC/C=C\C/C=C\CCCCCC. The first-order chi connectivity index (χ1) is 31.2. The van der Waals surface area contributed by atoms with Crippen molar-refractivity contribution >= 4 is 11.9 Å². The number of aliphatic hydroxyl groups excluding tert-OH is 5. The minimum absolute atomic E-state index is 0.0737. The summed E-state index contributed by atoms with van der Waals surface area (Å²) >= 11 is 0. The van der Waals surface area contributed by atoms with Gasteiger partial charge in [-0.05, 0) is 103 Å². The average Bonchev–Trinajstić information content (AvgIpc) is 3.29. The summed E-state index contributed by atoms with van der Waals surface area (Å²) in [7, 11) is 0. The molecule has 370 valence electrons. The fourth-order valence-electron chi connectivity index (χ4n) is 7.41. The number of esters is 1. The second-order valence-corrected chi connectivity index (χ2v) is 17.5. The smallest absolute Gasteiger partial charge is 0.305 e. The van der Waals surface area contributed by atoms with Crippen LogP contribution in [-0.4, -0.2) is 100 Å². The van der Waals surface area contributed by atoms with E-state index in [0.29, 0.717) is 25.9 Å². The van der Waals surface area contributed by atoms with E-state index < -0.39 is 49.5 Å². The van der Waals surface area contributed by atoms with Crippen LogP contribution in [-0.2, 0) is 23.8 Å². The minimum Gasteiger partial charge on any atom is -0.466 e. The molecule has 11 nitrogen and oxygen atoms in total. The zero-order chi connectivity index (χ0) is 46.7. The molecular weight excluding hydrogens is 811 g/mol. The van der Waals surface area contributed by atoms with Gasteiger partial charge in [-0.2, -0.15) is 0 Å². The minimum atomic E-state index is -1.59. The summed E-state index contributed by atoms with van der Waals surface area (Å²) in [6.07, 6.45) is 43.1. The summed E-state index contributed by atoms with van der Waals surface area (Å²) < 4.78 is 16.6. The number of rotatable bonds is 42. The highest BCUT2D eigenvalue weighted by Crippen LogP contribution is 2.22. The normalized spacial score (nSPS) is 20.4. The van der Waals surface area contributed by atoms with E-state index in [2.05, 4.69) is 67.8 Å². The largest absolute Gasteiger partial charge is 0.466 e. The van der Waals surface area contributed by atoms with Gasteiger partial charge in [0.25, 0.3) is 0 Å². The van der Waals surface area contributed by atoms with Crippen molar-refractivity contribution in [3.8, 4) is 0 Å². The van der Waals surface area contributed by atoms with Crippen molar-refractivity contribution in [2.75, 3.05) is 19.8 Å². The van der Waals surface area contributed by atoms with Gasteiger partial charge in [0.1, 0.15) is 24.4 Å². The van der Waals surface area contributed by atoms with E-state index in [0.717, 1.165) is 96.3 Å². The average molecular weight is 904 g/mol. The third kappa shape index (κ3) is 32.9. The standard InChI is InChI=1S/C53H93NO10/c1-3-5-7-9-11-13-14-15-16-17-18-21-25-29-33-37-41-49(58)62-42-38-34-30-26-22-19-20-24-28-32-36-40-48(57)54-45(46(56)39-35-31-27-23-12-10-8-6-4-2)44-63-53-52(61)51(60)50(59)47(43-55)64-53/h12-14,16-17,22-23,26,35,39,45-47,50-53,55-56,59-61H,3-11,15,18-21,24-25,27-34,36-38,40-44H2,1-2H3,(H,54,57)/b14-13-,17-16-,23-12+,26-22-,39-35+. The zero-order valence-electron chi connectivity index (χ0n) is 40.2. The van der Waals surface area contributed by atoms with Gasteiger partial charge < -0.3 is 45.1 Å². The van der Waals surface area contributed by atoms with Crippen LogP contribution in [0.4, 0.5) is 0 Å². The molecular formula is C53H93NO10. The molecule has 1 aliphatic rings. The third-order valence-electron chi connectivity index (χ3n) is 11.6. The van der Waals surface area contributed by atoms with Crippen LogP contribution in [0.25, 0.3) is 0 Å². The Kier molecular flexibility index (Phi) is 39.9. The Hall–Kier alpha value is -2.64. The molecule has 7 unspecified atom stereocenters. The summed E-state index contributed by atoms with van der Waals surface area (Å²) in [6, 6.07) is -0.849. The number of allylic oxidation sites excluding steroid dienone is 9. The highest BCUT2D eigenvalue weighted by atomic mass is 16.7. The quantitative estimate of drug-likeness (QED) is 0.0197. The number of hydrogen-bond donors (Lipinski definition) is 6. The topological polar surface area (TPSA) is 175 Å². The van der Waals surface area contributed by atoms with E-state index in [1.807, 2.05) is 6.08 Å². The molecule has 0 radical (unpaired) electrons. The predicted octanol–water partition coefficient (Wildman–Crippen LogP) is 10.3. The van der Waals surface area contributed by atoms with Crippen molar-refractivity contribution in [3.63, 3.8) is 0 Å². The highest BCUT2D eigenvalue weighted by Gasteiger charge is 2.44. The first-order valence-corrected chi connectivity index (χ1v) is 25.6. The van der Waals surface area contributed by atoms with Crippen molar-refractivity contribution in [2.24, 2.45) is 0 Å². The lowest BCUT2D eigenvalue weighted by Gasteiger charge is -2.40. The highest BCUT2D eigenvalue weighted by molar-refractivity contribution is 5.76. The van der Waals surface area contributed by atoms with Gasteiger partial charge in [-0.3, -0.25) is 9.59 Å². The van der Waals surface area contributed by atoms with Gasteiger partial charge in [-0.1, -0.05) is 145 Å². The summed E-state index contributed by atoms with van der Waals surface area (Å²) in [4.78, 5) is 25.0. The molecule has 0 aromatic heterocycles. The van der Waals surface area contributed by atoms with Crippen molar-refractivity contribution in [1.29, 1.82) is 0 Å². The Morgan fingerprint density at radius 3 is 1.67 bits per heavy atom. The van der Waals surface area contributed by atoms with E-state index in [1.54, 1.807) is 6.08 Å². The van der Waals surface area contributed by atoms with Crippen LogP contribution in [0.2, 0.25) is 0 Å². The molecule has 1 rings (SSSR count). The Morgan fingerprint density at radius 1 is 0.578 bits per heavy atom.